The normalized spacial score (nSPS) is 11.1. The standard InChI is InChI=1S/C21H18N4O2/c1-14-11-16(15(2)25(14)19-7-9-23-10-8-19)12-17(13-22)21(27)24-18-3-5-20(26)6-4-18/h3-12,26H,1-2H3,(H,24,27)/b17-12-. The quantitative estimate of drug-likeness (QED) is 0.422. The van der Waals surface area contributed by atoms with E-state index in [1.54, 1.807) is 30.6 Å². The number of phenolic OH excluding ortho intramolecular Hbond substituents is 1. The zero-order valence-corrected chi connectivity index (χ0v) is 15.0. The van der Waals surface area contributed by atoms with Crippen LogP contribution >= 0.6 is 0 Å². The smallest absolute Gasteiger partial charge is 0.266 e. The van der Waals surface area contributed by atoms with Crippen molar-refractivity contribution in [2.45, 2.75) is 13.8 Å². The molecule has 0 unspecified atom stereocenters. The number of nitrogens with one attached hydrogen (secondary N) is 1. The summed E-state index contributed by atoms with van der Waals surface area (Å²) in [5.41, 5.74) is 4.16. The van der Waals surface area contributed by atoms with E-state index in [4.69, 9.17) is 0 Å². The molecule has 2 N–H and O–H groups in total. The monoisotopic (exact) mass is 358 g/mol. The third-order valence-electron chi connectivity index (χ3n) is 4.18. The molecular weight excluding hydrogens is 340 g/mol. The predicted molar refractivity (Wildman–Crippen MR) is 103 cm³/mol. The number of anilines is 1. The molecule has 6 heteroatoms. The van der Waals surface area contributed by atoms with Gasteiger partial charge in [-0.05, 0) is 68.0 Å². The summed E-state index contributed by atoms with van der Waals surface area (Å²) in [6, 6.07) is 13.8. The number of rotatable bonds is 4. The number of carbonyl (C=O) groups excluding carboxylic acids is 1. The molecule has 27 heavy (non-hydrogen) atoms. The van der Waals surface area contributed by atoms with Gasteiger partial charge < -0.3 is 15.0 Å². The Labute approximate surface area is 157 Å². The molecule has 6 nitrogen and oxygen atoms in total. The summed E-state index contributed by atoms with van der Waals surface area (Å²) in [6.45, 7) is 3.90. The molecular formula is C21H18N4O2. The fourth-order valence-corrected chi connectivity index (χ4v) is 2.87. The maximum atomic E-state index is 12.4. The Bertz CT molecular complexity index is 1040. The second-order valence-corrected chi connectivity index (χ2v) is 6.04. The van der Waals surface area contributed by atoms with Crippen molar-refractivity contribution >= 4 is 17.7 Å². The van der Waals surface area contributed by atoms with Crippen LogP contribution in [0.2, 0.25) is 0 Å². The minimum absolute atomic E-state index is 0.00180. The number of amides is 1. The van der Waals surface area contributed by atoms with Crippen LogP contribution in [-0.2, 0) is 4.79 Å². The van der Waals surface area contributed by atoms with Gasteiger partial charge in [-0.25, -0.2) is 0 Å². The van der Waals surface area contributed by atoms with Gasteiger partial charge in [0, 0.05) is 35.2 Å². The fourth-order valence-electron chi connectivity index (χ4n) is 2.87. The Kier molecular flexibility index (Phi) is 5.04. The Hall–Kier alpha value is -3.85. The first-order valence-electron chi connectivity index (χ1n) is 8.31. The van der Waals surface area contributed by atoms with E-state index in [0.29, 0.717) is 5.69 Å². The molecule has 0 aliphatic carbocycles. The summed E-state index contributed by atoms with van der Waals surface area (Å²) in [6.07, 6.45) is 5.01. The van der Waals surface area contributed by atoms with Crippen molar-refractivity contribution in [2.75, 3.05) is 5.32 Å². The van der Waals surface area contributed by atoms with Crippen molar-refractivity contribution < 1.29 is 9.90 Å². The first kappa shape index (κ1) is 18.0. The van der Waals surface area contributed by atoms with Gasteiger partial charge in [0.2, 0.25) is 0 Å². The minimum Gasteiger partial charge on any atom is -0.508 e. The third kappa shape index (κ3) is 3.88. The second-order valence-electron chi connectivity index (χ2n) is 6.04. The van der Waals surface area contributed by atoms with E-state index in [0.717, 1.165) is 22.6 Å². The summed E-state index contributed by atoms with van der Waals surface area (Å²) in [7, 11) is 0. The molecule has 0 saturated carbocycles. The van der Waals surface area contributed by atoms with E-state index in [9.17, 15) is 15.2 Å². The van der Waals surface area contributed by atoms with Gasteiger partial charge >= 0.3 is 0 Å². The molecule has 2 aromatic heterocycles. The van der Waals surface area contributed by atoms with Gasteiger partial charge in [-0.1, -0.05) is 0 Å². The molecule has 134 valence electrons. The Balaban J connectivity index is 1.91. The highest BCUT2D eigenvalue weighted by molar-refractivity contribution is 6.09. The summed E-state index contributed by atoms with van der Waals surface area (Å²) in [4.78, 5) is 16.5. The van der Waals surface area contributed by atoms with Gasteiger partial charge in [0.25, 0.3) is 5.91 Å². The number of benzene rings is 1. The van der Waals surface area contributed by atoms with Crippen molar-refractivity contribution in [3.63, 3.8) is 0 Å². The molecule has 0 aliphatic heterocycles. The van der Waals surface area contributed by atoms with Crippen molar-refractivity contribution in [3.05, 3.63) is 77.4 Å². The number of hydrogen-bond acceptors (Lipinski definition) is 4. The first-order chi connectivity index (χ1) is 13.0. The van der Waals surface area contributed by atoms with E-state index in [1.165, 1.54) is 12.1 Å². The average Bonchev–Trinajstić information content (AvgIpc) is 2.95. The summed E-state index contributed by atoms with van der Waals surface area (Å²) in [5.74, 6) is -0.399. The van der Waals surface area contributed by atoms with Gasteiger partial charge in [-0.2, -0.15) is 5.26 Å². The van der Waals surface area contributed by atoms with Crippen LogP contribution in [0.15, 0.2) is 60.4 Å². The maximum absolute atomic E-state index is 12.4. The largest absolute Gasteiger partial charge is 0.508 e. The van der Waals surface area contributed by atoms with E-state index in [-0.39, 0.29) is 11.3 Å². The summed E-state index contributed by atoms with van der Waals surface area (Å²) >= 11 is 0. The Morgan fingerprint density at radius 1 is 1.19 bits per heavy atom. The molecule has 1 aromatic carbocycles. The number of aryl methyl sites for hydroxylation is 1. The van der Waals surface area contributed by atoms with Crippen LogP contribution in [0.25, 0.3) is 11.8 Å². The van der Waals surface area contributed by atoms with Crippen molar-refractivity contribution in [2.24, 2.45) is 0 Å². The topological polar surface area (TPSA) is 90.9 Å². The van der Waals surface area contributed by atoms with Gasteiger partial charge in [0.05, 0.1) is 0 Å². The zero-order valence-electron chi connectivity index (χ0n) is 15.0. The fraction of sp³-hybridized carbons (Fsp3) is 0.0952. The van der Waals surface area contributed by atoms with E-state index >= 15 is 0 Å². The van der Waals surface area contributed by atoms with E-state index < -0.39 is 5.91 Å². The highest BCUT2D eigenvalue weighted by atomic mass is 16.3. The van der Waals surface area contributed by atoms with Crippen molar-refractivity contribution in [1.29, 1.82) is 5.26 Å². The minimum atomic E-state index is -0.503. The van der Waals surface area contributed by atoms with Crippen LogP contribution in [0.3, 0.4) is 0 Å². The van der Waals surface area contributed by atoms with Gasteiger partial charge in [0.1, 0.15) is 17.4 Å². The highest BCUT2D eigenvalue weighted by Crippen LogP contribution is 2.23. The van der Waals surface area contributed by atoms with Crippen LogP contribution < -0.4 is 5.32 Å². The van der Waals surface area contributed by atoms with Crippen LogP contribution in [0.4, 0.5) is 5.69 Å². The van der Waals surface area contributed by atoms with E-state index in [2.05, 4.69) is 10.3 Å². The molecule has 3 aromatic rings. The Morgan fingerprint density at radius 3 is 2.48 bits per heavy atom. The van der Waals surface area contributed by atoms with Crippen LogP contribution in [0, 0.1) is 25.2 Å². The first-order valence-corrected chi connectivity index (χ1v) is 8.31. The lowest BCUT2D eigenvalue weighted by atomic mass is 10.1. The summed E-state index contributed by atoms with van der Waals surface area (Å²) < 4.78 is 2.04. The number of nitrogens with zero attached hydrogens (tertiary/aromatic N) is 3. The number of carbonyl (C=O) groups is 1. The molecule has 0 bridgehead atoms. The van der Waals surface area contributed by atoms with Crippen molar-refractivity contribution in [3.8, 4) is 17.5 Å². The molecule has 0 fully saturated rings. The zero-order chi connectivity index (χ0) is 19.4. The third-order valence-corrected chi connectivity index (χ3v) is 4.18. The molecule has 0 radical (unpaired) electrons. The molecule has 2 heterocycles. The lowest BCUT2D eigenvalue weighted by Gasteiger charge is -2.09. The SMILES string of the molecule is Cc1cc(/C=C(/C#N)C(=O)Nc2ccc(O)cc2)c(C)n1-c1ccncc1. The number of hydrogen-bond donors (Lipinski definition) is 2. The number of aromatic nitrogens is 2. The average molecular weight is 358 g/mol. The summed E-state index contributed by atoms with van der Waals surface area (Å²) in [5, 5.41) is 21.4. The molecule has 0 aliphatic rings. The van der Waals surface area contributed by atoms with Gasteiger partial charge in [-0.15, -0.1) is 0 Å². The van der Waals surface area contributed by atoms with Gasteiger partial charge in [-0.3, -0.25) is 9.78 Å². The van der Waals surface area contributed by atoms with Crippen molar-refractivity contribution in [1.82, 2.24) is 9.55 Å². The van der Waals surface area contributed by atoms with Crippen LogP contribution in [0.1, 0.15) is 17.0 Å². The Morgan fingerprint density at radius 2 is 1.85 bits per heavy atom. The molecule has 0 atom stereocenters. The second kappa shape index (κ2) is 7.58. The predicted octanol–water partition coefficient (Wildman–Crippen LogP) is 3.74. The number of pyridine rings is 1. The molecule has 3 rings (SSSR count). The molecule has 0 saturated heterocycles. The lowest BCUT2D eigenvalue weighted by molar-refractivity contribution is -0.112. The maximum Gasteiger partial charge on any atom is 0.266 e. The molecule has 1 amide bonds. The van der Waals surface area contributed by atoms with Gasteiger partial charge in [0.15, 0.2) is 0 Å². The number of phenols is 1. The highest BCUT2D eigenvalue weighted by Gasteiger charge is 2.14. The molecule has 0 spiro atoms. The number of aromatic hydroxyl groups is 1. The number of nitriles is 1. The lowest BCUT2D eigenvalue weighted by Crippen LogP contribution is -2.13. The van der Waals surface area contributed by atoms with E-state index in [1.807, 2.05) is 42.7 Å². The van der Waals surface area contributed by atoms with Crippen LogP contribution in [0.5, 0.6) is 5.75 Å². The van der Waals surface area contributed by atoms with Crippen LogP contribution in [-0.4, -0.2) is 20.6 Å².